The highest BCUT2D eigenvalue weighted by molar-refractivity contribution is 5.74. The summed E-state index contributed by atoms with van der Waals surface area (Å²) in [5, 5.41) is 9.60. The van der Waals surface area contributed by atoms with Gasteiger partial charge in [-0.25, -0.2) is 4.79 Å². The van der Waals surface area contributed by atoms with Gasteiger partial charge in [-0.2, -0.15) is 5.10 Å². The van der Waals surface area contributed by atoms with Crippen LogP contribution in [0, 0.1) is 0 Å². The molecule has 23 heavy (non-hydrogen) atoms. The molecule has 1 saturated heterocycles. The molecule has 7 nitrogen and oxygen atoms in total. The van der Waals surface area contributed by atoms with Crippen LogP contribution in [0.5, 0.6) is 5.75 Å². The van der Waals surface area contributed by atoms with E-state index in [-0.39, 0.29) is 6.03 Å². The Balaban J connectivity index is 1.50. The van der Waals surface area contributed by atoms with Crippen molar-refractivity contribution in [1.82, 2.24) is 20.4 Å². The van der Waals surface area contributed by atoms with Crippen LogP contribution in [-0.2, 0) is 6.54 Å². The van der Waals surface area contributed by atoms with E-state index in [0.717, 1.165) is 30.2 Å². The monoisotopic (exact) mass is 315 g/mol. The number of carbonyl (C=O) groups is 1. The van der Waals surface area contributed by atoms with Crippen molar-refractivity contribution in [2.45, 2.75) is 6.54 Å². The van der Waals surface area contributed by atoms with Gasteiger partial charge in [-0.05, 0) is 18.2 Å². The molecular weight excluding hydrogens is 294 g/mol. The Bertz CT molecular complexity index is 636. The lowest BCUT2D eigenvalue weighted by Crippen LogP contribution is -2.51. The maximum absolute atomic E-state index is 12.2. The number of H-pyrrole nitrogens is 1. The third-order valence-electron chi connectivity index (χ3n) is 3.97. The minimum atomic E-state index is -0.0371. The fourth-order valence-electron chi connectivity index (χ4n) is 2.64. The summed E-state index contributed by atoms with van der Waals surface area (Å²) in [5.74, 6) is 0.849. The lowest BCUT2D eigenvalue weighted by atomic mass is 10.2. The number of aromatic nitrogens is 2. The highest BCUT2D eigenvalue weighted by Gasteiger charge is 2.21. The van der Waals surface area contributed by atoms with Crippen molar-refractivity contribution >= 4 is 11.7 Å². The van der Waals surface area contributed by atoms with Gasteiger partial charge in [0.15, 0.2) is 0 Å². The van der Waals surface area contributed by atoms with Crippen molar-refractivity contribution in [3.63, 3.8) is 0 Å². The number of anilines is 1. The summed E-state index contributed by atoms with van der Waals surface area (Å²) >= 11 is 0. The standard InChI is InChI=1S/C16H21N5O2/c1-23-15-4-2-3-14(11-15)20-7-9-21(10-8-20)16(22)17-12-13-5-6-18-19-13/h2-6,11H,7-10,12H2,1H3,(H,17,22)(H,18,19). The van der Waals surface area contributed by atoms with E-state index in [2.05, 4.69) is 26.5 Å². The van der Waals surface area contributed by atoms with Crippen molar-refractivity contribution in [2.75, 3.05) is 38.2 Å². The fourth-order valence-corrected chi connectivity index (χ4v) is 2.64. The van der Waals surface area contributed by atoms with E-state index in [4.69, 9.17) is 4.74 Å². The first kappa shape index (κ1) is 15.2. The molecule has 1 aliphatic heterocycles. The van der Waals surface area contributed by atoms with Crippen LogP contribution < -0.4 is 15.0 Å². The SMILES string of the molecule is COc1cccc(N2CCN(C(=O)NCc3ccn[nH]3)CC2)c1. The van der Waals surface area contributed by atoms with Crippen molar-refractivity contribution in [3.8, 4) is 5.75 Å². The van der Waals surface area contributed by atoms with E-state index >= 15 is 0 Å². The zero-order valence-electron chi connectivity index (χ0n) is 13.2. The molecule has 0 saturated carbocycles. The van der Waals surface area contributed by atoms with Crippen LogP contribution in [0.1, 0.15) is 5.69 Å². The highest BCUT2D eigenvalue weighted by atomic mass is 16.5. The summed E-state index contributed by atoms with van der Waals surface area (Å²) < 4.78 is 5.26. The predicted molar refractivity (Wildman–Crippen MR) is 87.6 cm³/mol. The van der Waals surface area contributed by atoms with Crippen LogP contribution in [0.3, 0.4) is 0 Å². The first-order valence-electron chi connectivity index (χ1n) is 7.66. The largest absolute Gasteiger partial charge is 0.497 e. The average molecular weight is 315 g/mol. The third kappa shape index (κ3) is 3.74. The average Bonchev–Trinajstić information content (AvgIpc) is 3.13. The molecule has 0 radical (unpaired) electrons. The Kier molecular flexibility index (Phi) is 4.65. The van der Waals surface area contributed by atoms with Crippen LogP contribution in [0.2, 0.25) is 0 Å². The summed E-state index contributed by atoms with van der Waals surface area (Å²) in [7, 11) is 1.67. The molecule has 0 bridgehead atoms. The van der Waals surface area contributed by atoms with E-state index < -0.39 is 0 Å². The third-order valence-corrected chi connectivity index (χ3v) is 3.97. The summed E-state index contributed by atoms with van der Waals surface area (Å²) in [6, 6.07) is 9.82. The molecular formula is C16H21N5O2. The Hall–Kier alpha value is -2.70. The van der Waals surface area contributed by atoms with E-state index in [1.54, 1.807) is 13.3 Å². The van der Waals surface area contributed by atoms with Gasteiger partial charge in [-0.1, -0.05) is 6.07 Å². The number of carbonyl (C=O) groups excluding carboxylic acids is 1. The second kappa shape index (κ2) is 7.04. The Morgan fingerprint density at radius 3 is 2.83 bits per heavy atom. The van der Waals surface area contributed by atoms with Gasteiger partial charge >= 0.3 is 6.03 Å². The molecule has 7 heteroatoms. The maximum atomic E-state index is 12.2. The normalized spacial score (nSPS) is 14.7. The summed E-state index contributed by atoms with van der Waals surface area (Å²) in [5.41, 5.74) is 2.02. The molecule has 1 aromatic carbocycles. The van der Waals surface area contributed by atoms with Gasteiger partial charge in [-0.15, -0.1) is 0 Å². The summed E-state index contributed by atoms with van der Waals surface area (Å²) in [6.07, 6.45) is 1.67. The summed E-state index contributed by atoms with van der Waals surface area (Å²) in [6.45, 7) is 3.49. The molecule has 0 aliphatic carbocycles. The number of urea groups is 1. The zero-order valence-corrected chi connectivity index (χ0v) is 13.2. The van der Waals surface area contributed by atoms with Crippen molar-refractivity contribution in [2.24, 2.45) is 0 Å². The molecule has 0 unspecified atom stereocenters. The van der Waals surface area contributed by atoms with Gasteiger partial charge in [0.1, 0.15) is 5.75 Å². The van der Waals surface area contributed by atoms with Crippen molar-refractivity contribution in [1.29, 1.82) is 0 Å². The molecule has 2 N–H and O–H groups in total. The number of rotatable bonds is 4. The smallest absolute Gasteiger partial charge is 0.317 e. The molecule has 2 aromatic rings. The van der Waals surface area contributed by atoms with E-state index in [9.17, 15) is 4.79 Å². The van der Waals surface area contributed by atoms with Crippen molar-refractivity contribution in [3.05, 3.63) is 42.2 Å². The number of hydrogen-bond donors (Lipinski definition) is 2. The number of methoxy groups -OCH3 is 1. The Morgan fingerprint density at radius 2 is 2.13 bits per heavy atom. The van der Waals surface area contributed by atoms with Gasteiger partial charge in [-0.3, -0.25) is 5.10 Å². The number of aromatic amines is 1. The van der Waals surface area contributed by atoms with Crippen LogP contribution >= 0.6 is 0 Å². The Morgan fingerprint density at radius 1 is 1.30 bits per heavy atom. The molecule has 122 valence electrons. The number of amides is 2. The topological polar surface area (TPSA) is 73.5 Å². The van der Waals surface area contributed by atoms with Gasteiger partial charge in [0.05, 0.1) is 19.3 Å². The minimum absolute atomic E-state index is 0.0371. The van der Waals surface area contributed by atoms with Crippen LogP contribution in [0.4, 0.5) is 10.5 Å². The number of nitrogens with zero attached hydrogens (tertiary/aromatic N) is 3. The second-order valence-corrected chi connectivity index (χ2v) is 5.42. The number of piperazine rings is 1. The van der Waals surface area contributed by atoms with Gasteiger partial charge < -0.3 is 19.9 Å². The lowest BCUT2D eigenvalue weighted by molar-refractivity contribution is 0.194. The van der Waals surface area contributed by atoms with E-state index in [1.807, 2.05) is 29.2 Å². The maximum Gasteiger partial charge on any atom is 0.317 e. The first-order valence-corrected chi connectivity index (χ1v) is 7.66. The van der Waals surface area contributed by atoms with Gasteiger partial charge in [0, 0.05) is 44.1 Å². The molecule has 3 rings (SSSR count). The van der Waals surface area contributed by atoms with Crippen LogP contribution in [0.25, 0.3) is 0 Å². The van der Waals surface area contributed by atoms with E-state index in [1.165, 1.54) is 0 Å². The number of nitrogens with one attached hydrogen (secondary N) is 2. The Labute approximate surface area is 135 Å². The first-order chi connectivity index (χ1) is 11.3. The van der Waals surface area contributed by atoms with Gasteiger partial charge in [0.2, 0.25) is 0 Å². The van der Waals surface area contributed by atoms with Crippen LogP contribution in [0.15, 0.2) is 36.5 Å². The second-order valence-electron chi connectivity index (χ2n) is 5.42. The molecule has 1 aromatic heterocycles. The number of hydrogen-bond acceptors (Lipinski definition) is 4. The number of benzene rings is 1. The predicted octanol–water partition coefficient (Wildman–Crippen LogP) is 1.45. The zero-order chi connectivity index (χ0) is 16.1. The highest BCUT2D eigenvalue weighted by Crippen LogP contribution is 2.22. The fraction of sp³-hybridized carbons (Fsp3) is 0.375. The summed E-state index contributed by atoms with van der Waals surface area (Å²) in [4.78, 5) is 16.3. The van der Waals surface area contributed by atoms with Gasteiger partial charge in [0.25, 0.3) is 0 Å². The molecule has 1 aliphatic rings. The number of ether oxygens (including phenoxy) is 1. The molecule has 2 amide bonds. The van der Waals surface area contributed by atoms with Crippen molar-refractivity contribution < 1.29 is 9.53 Å². The quantitative estimate of drug-likeness (QED) is 0.895. The molecule has 0 atom stereocenters. The lowest BCUT2D eigenvalue weighted by Gasteiger charge is -2.36. The van der Waals surface area contributed by atoms with Crippen LogP contribution in [-0.4, -0.2) is 54.4 Å². The minimum Gasteiger partial charge on any atom is -0.497 e. The van der Waals surface area contributed by atoms with E-state index in [0.29, 0.717) is 19.6 Å². The molecule has 1 fully saturated rings. The molecule has 0 spiro atoms. The molecule has 2 heterocycles.